The number of hydrogen-bond donors (Lipinski definition) is 3. The summed E-state index contributed by atoms with van der Waals surface area (Å²) in [4.78, 5) is 12.8. The zero-order valence-electron chi connectivity index (χ0n) is 18.5. The first-order chi connectivity index (χ1) is 15.6. The molecule has 2 aromatic rings. The highest BCUT2D eigenvalue weighted by Gasteiger charge is 2.59. The van der Waals surface area contributed by atoms with Crippen molar-refractivity contribution in [3.63, 3.8) is 0 Å². The van der Waals surface area contributed by atoms with E-state index in [1.54, 1.807) is 6.07 Å². The van der Waals surface area contributed by atoms with Gasteiger partial charge in [0.1, 0.15) is 11.9 Å². The van der Waals surface area contributed by atoms with Crippen molar-refractivity contribution >= 4 is 16.0 Å². The molecule has 0 heterocycles. The number of ether oxygens (including phenoxy) is 1. The van der Waals surface area contributed by atoms with Crippen LogP contribution in [0.25, 0.3) is 0 Å². The first kappa shape index (κ1) is 22.4. The average molecular weight is 472 g/mol. The monoisotopic (exact) mass is 471 g/mol. The number of carbonyl (C=O) groups is 1. The Kier molecular flexibility index (Phi) is 5.30. The van der Waals surface area contributed by atoms with Crippen LogP contribution in [-0.2, 0) is 21.2 Å². The van der Waals surface area contributed by atoms with Crippen molar-refractivity contribution in [3.05, 3.63) is 59.2 Å². The molecule has 0 radical (unpaired) electrons. The molecule has 2 saturated carbocycles. The summed E-state index contributed by atoms with van der Waals surface area (Å²) in [5.41, 5.74) is 2.41. The van der Waals surface area contributed by atoms with Gasteiger partial charge in [0.25, 0.3) is 0 Å². The van der Waals surface area contributed by atoms with Gasteiger partial charge in [0.05, 0.1) is 16.6 Å². The molecule has 0 aromatic heterocycles. The van der Waals surface area contributed by atoms with Crippen LogP contribution in [0.5, 0.6) is 5.75 Å². The third-order valence-corrected chi connectivity index (χ3v) is 9.22. The number of aromatic hydroxyl groups is 1. The van der Waals surface area contributed by atoms with Crippen molar-refractivity contribution in [1.82, 2.24) is 0 Å². The van der Waals surface area contributed by atoms with Crippen LogP contribution < -0.4 is 5.14 Å². The van der Waals surface area contributed by atoms with E-state index in [9.17, 15) is 23.4 Å². The molecular weight excluding hydrogens is 442 g/mol. The molecule has 4 N–H and O–H groups in total. The first-order valence-corrected chi connectivity index (χ1v) is 13.0. The SMILES string of the molecule is C[C@]12CCC3c4ccc(O)cc4CCC3C1C[C@@H](O)[C@@H]2OC(=O)c1ccc(S(N)(=O)=O)cc1. The summed E-state index contributed by atoms with van der Waals surface area (Å²) in [7, 11) is -3.84. The molecule has 3 aliphatic rings. The Labute approximate surface area is 193 Å². The molecule has 0 spiro atoms. The molecule has 8 heteroatoms. The fraction of sp³-hybridized carbons (Fsp3) is 0.480. The number of carbonyl (C=O) groups excluding carboxylic acids is 1. The minimum atomic E-state index is -3.84. The van der Waals surface area contributed by atoms with Crippen LogP contribution in [0.4, 0.5) is 0 Å². The van der Waals surface area contributed by atoms with Crippen LogP contribution in [-0.4, -0.2) is 36.8 Å². The van der Waals surface area contributed by atoms with E-state index >= 15 is 0 Å². The summed E-state index contributed by atoms with van der Waals surface area (Å²) in [5.74, 6) is 0.741. The summed E-state index contributed by atoms with van der Waals surface area (Å²) in [6, 6.07) is 11.0. The Balaban J connectivity index is 1.36. The zero-order chi connectivity index (χ0) is 23.5. The third kappa shape index (κ3) is 3.74. The third-order valence-electron chi connectivity index (χ3n) is 8.30. The number of phenols is 1. The lowest BCUT2D eigenvalue weighted by molar-refractivity contribution is -0.0676. The summed E-state index contributed by atoms with van der Waals surface area (Å²) in [6.45, 7) is 2.12. The number of rotatable bonds is 3. The van der Waals surface area contributed by atoms with Crippen LogP contribution in [0.15, 0.2) is 47.4 Å². The smallest absolute Gasteiger partial charge is 0.338 e. The predicted octanol–water partition coefficient (Wildman–Crippen LogP) is 3.09. The molecule has 0 aliphatic heterocycles. The van der Waals surface area contributed by atoms with Crippen molar-refractivity contribution in [2.75, 3.05) is 0 Å². The molecule has 0 bridgehead atoms. The van der Waals surface area contributed by atoms with Crippen LogP contribution >= 0.6 is 0 Å². The Morgan fingerprint density at radius 3 is 2.58 bits per heavy atom. The van der Waals surface area contributed by atoms with Gasteiger partial charge < -0.3 is 14.9 Å². The van der Waals surface area contributed by atoms with E-state index in [1.165, 1.54) is 35.4 Å². The van der Waals surface area contributed by atoms with Gasteiger partial charge >= 0.3 is 5.97 Å². The Hall–Kier alpha value is -2.42. The quantitative estimate of drug-likeness (QED) is 0.591. The summed E-state index contributed by atoms with van der Waals surface area (Å²) < 4.78 is 28.8. The van der Waals surface area contributed by atoms with Gasteiger partial charge in [0.15, 0.2) is 0 Å². The van der Waals surface area contributed by atoms with Gasteiger partial charge in [-0.05, 0) is 97.4 Å². The second-order valence-electron chi connectivity index (χ2n) is 10.0. The van der Waals surface area contributed by atoms with Crippen LogP contribution in [0.2, 0.25) is 0 Å². The minimum absolute atomic E-state index is 0.0730. The standard InChI is InChI=1S/C25H29NO6S/c1-25-11-10-19-18-9-5-16(27)12-15(18)4-8-20(19)21(25)13-22(28)23(25)32-24(29)14-2-6-17(7-3-14)33(26,30)31/h2-3,5-7,9,12,19-23,27-28H,4,8,10-11,13H2,1H3,(H2,26,30,31)/t19?,20?,21?,22-,23+,25+/m1/s1. The van der Waals surface area contributed by atoms with E-state index in [-0.39, 0.29) is 21.8 Å². The molecule has 5 rings (SSSR count). The Bertz CT molecular complexity index is 1190. The number of nitrogens with two attached hydrogens (primary N) is 1. The number of aryl methyl sites for hydroxylation is 1. The minimum Gasteiger partial charge on any atom is -0.508 e. The van der Waals surface area contributed by atoms with Gasteiger partial charge in [-0.3, -0.25) is 0 Å². The van der Waals surface area contributed by atoms with Gasteiger partial charge in [-0.2, -0.15) is 0 Å². The van der Waals surface area contributed by atoms with Gasteiger partial charge in [0.2, 0.25) is 10.0 Å². The van der Waals surface area contributed by atoms with Crippen LogP contribution in [0.1, 0.15) is 60.0 Å². The number of fused-ring (bicyclic) bond motifs is 5. The molecule has 3 unspecified atom stereocenters. The number of hydrogen-bond acceptors (Lipinski definition) is 6. The van der Waals surface area contributed by atoms with Crippen molar-refractivity contribution in [1.29, 1.82) is 0 Å². The average Bonchev–Trinajstić information content (AvgIpc) is 3.03. The molecule has 6 atom stereocenters. The van der Waals surface area contributed by atoms with Crippen molar-refractivity contribution in [2.24, 2.45) is 22.4 Å². The fourth-order valence-corrected chi connectivity index (χ4v) is 7.23. The van der Waals surface area contributed by atoms with E-state index in [0.717, 1.165) is 25.7 Å². The molecule has 7 nitrogen and oxygen atoms in total. The maximum absolute atomic E-state index is 12.9. The topological polar surface area (TPSA) is 127 Å². The van der Waals surface area contributed by atoms with Gasteiger partial charge in [-0.15, -0.1) is 0 Å². The second kappa shape index (κ2) is 7.82. The number of aliphatic hydroxyl groups is 1. The summed E-state index contributed by atoms with van der Waals surface area (Å²) in [6.07, 6.45) is 2.89. The lowest BCUT2D eigenvalue weighted by Gasteiger charge is -2.50. The largest absolute Gasteiger partial charge is 0.508 e. The molecule has 0 saturated heterocycles. The maximum atomic E-state index is 12.9. The Morgan fingerprint density at radius 2 is 1.88 bits per heavy atom. The fourth-order valence-electron chi connectivity index (χ4n) is 6.71. The zero-order valence-corrected chi connectivity index (χ0v) is 19.3. The van der Waals surface area contributed by atoms with E-state index < -0.39 is 28.2 Å². The summed E-state index contributed by atoms with van der Waals surface area (Å²) >= 11 is 0. The van der Waals surface area contributed by atoms with E-state index in [2.05, 4.69) is 6.92 Å². The van der Waals surface area contributed by atoms with E-state index in [0.29, 0.717) is 24.0 Å². The number of primary sulfonamides is 1. The number of benzene rings is 2. The molecule has 3 aliphatic carbocycles. The highest BCUT2D eigenvalue weighted by atomic mass is 32.2. The number of sulfonamides is 1. The molecular formula is C25H29NO6S. The molecule has 2 aromatic carbocycles. The van der Waals surface area contributed by atoms with Crippen molar-refractivity contribution < 1.29 is 28.2 Å². The molecule has 33 heavy (non-hydrogen) atoms. The second-order valence-corrected chi connectivity index (χ2v) is 11.6. The normalized spacial score (nSPS) is 33.0. The molecule has 2 fully saturated rings. The predicted molar refractivity (Wildman–Crippen MR) is 121 cm³/mol. The van der Waals surface area contributed by atoms with Gasteiger partial charge in [-0.25, -0.2) is 18.4 Å². The van der Waals surface area contributed by atoms with E-state index in [4.69, 9.17) is 9.88 Å². The Morgan fingerprint density at radius 1 is 1.15 bits per heavy atom. The van der Waals surface area contributed by atoms with Crippen molar-refractivity contribution in [2.45, 2.75) is 62.0 Å². The lowest BCUT2D eigenvalue weighted by atomic mass is 9.55. The highest BCUT2D eigenvalue weighted by Crippen LogP contribution is 2.61. The maximum Gasteiger partial charge on any atom is 0.338 e. The van der Waals surface area contributed by atoms with Gasteiger partial charge in [-0.1, -0.05) is 13.0 Å². The number of esters is 1. The van der Waals surface area contributed by atoms with Gasteiger partial charge in [0, 0.05) is 5.41 Å². The number of phenolic OH excluding ortho intramolecular Hbond substituents is 1. The lowest BCUT2D eigenvalue weighted by Crippen LogP contribution is -2.46. The van der Waals surface area contributed by atoms with Crippen LogP contribution in [0.3, 0.4) is 0 Å². The van der Waals surface area contributed by atoms with Crippen molar-refractivity contribution in [3.8, 4) is 5.75 Å². The van der Waals surface area contributed by atoms with E-state index in [1.807, 2.05) is 12.1 Å². The molecule has 0 amide bonds. The first-order valence-electron chi connectivity index (χ1n) is 11.4. The highest BCUT2D eigenvalue weighted by molar-refractivity contribution is 7.89. The number of aliphatic hydroxyl groups excluding tert-OH is 1. The molecule has 176 valence electrons. The summed E-state index contributed by atoms with van der Waals surface area (Å²) in [5, 5.41) is 25.9. The van der Waals surface area contributed by atoms with Crippen LogP contribution in [0, 0.1) is 17.3 Å².